The van der Waals surface area contributed by atoms with Gasteiger partial charge in [0.2, 0.25) is 11.0 Å². The summed E-state index contributed by atoms with van der Waals surface area (Å²) in [6.45, 7) is 1.57. The SMILES string of the molecule is O=C(CC1=CSC2=NCCN12)Nc1nnc(CN2C(=O)c3ccccc3C2=O)s1. The highest BCUT2D eigenvalue weighted by molar-refractivity contribution is 8.16. The Labute approximate surface area is 173 Å². The highest BCUT2D eigenvalue weighted by Crippen LogP contribution is 2.31. The van der Waals surface area contributed by atoms with Crippen LogP contribution < -0.4 is 5.32 Å². The normalized spacial score (nSPS) is 17.4. The molecule has 3 aliphatic heterocycles. The van der Waals surface area contributed by atoms with E-state index < -0.39 is 0 Å². The maximum absolute atomic E-state index is 12.4. The summed E-state index contributed by atoms with van der Waals surface area (Å²) < 4.78 is 0. The molecule has 0 fully saturated rings. The Morgan fingerprint density at radius 2 is 1.90 bits per heavy atom. The van der Waals surface area contributed by atoms with Crippen molar-refractivity contribution in [2.75, 3.05) is 18.4 Å². The first kappa shape index (κ1) is 18.0. The van der Waals surface area contributed by atoms with Gasteiger partial charge in [0.05, 0.1) is 30.6 Å². The van der Waals surface area contributed by atoms with E-state index in [1.807, 2.05) is 10.3 Å². The third-order valence-electron chi connectivity index (χ3n) is 4.68. The Balaban J connectivity index is 1.22. The summed E-state index contributed by atoms with van der Waals surface area (Å²) in [5, 5.41) is 14.4. The number of thioether (sulfide) groups is 1. The average Bonchev–Trinajstić information content (AvgIpc) is 3.47. The van der Waals surface area contributed by atoms with Gasteiger partial charge < -0.3 is 10.2 Å². The molecule has 0 saturated carbocycles. The van der Waals surface area contributed by atoms with Crippen molar-refractivity contribution in [3.05, 3.63) is 51.5 Å². The number of amides is 3. The summed E-state index contributed by atoms with van der Waals surface area (Å²) >= 11 is 2.67. The number of carbonyl (C=O) groups excluding carboxylic acids is 3. The quantitative estimate of drug-likeness (QED) is 0.728. The molecule has 3 amide bonds. The summed E-state index contributed by atoms with van der Waals surface area (Å²) in [4.78, 5) is 44.8. The van der Waals surface area contributed by atoms with Crippen molar-refractivity contribution in [2.24, 2.45) is 4.99 Å². The van der Waals surface area contributed by atoms with Crippen molar-refractivity contribution >= 4 is 51.1 Å². The zero-order valence-electron chi connectivity index (χ0n) is 15.0. The van der Waals surface area contributed by atoms with E-state index in [1.165, 1.54) is 11.8 Å². The summed E-state index contributed by atoms with van der Waals surface area (Å²) in [6.07, 6.45) is 0.222. The van der Waals surface area contributed by atoms with E-state index in [-0.39, 0.29) is 30.7 Å². The molecule has 0 unspecified atom stereocenters. The fourth-order valence-electron chi connectivity index (χ4n) is 3.33. The largest absolute Gasteiger partial charge is 0.322 e. The highest BCUT2D eigenvalue weighted by Gasteiger charge is 2.35. The van der Waals surface area contributed by atoms with E-state index in [2.05, 4.69) is 20.5 Å². The average molecular weight is 426 g/mol. The van der Waals surface area contributed by atoms with Gasteiger partial charge in [-0.05, 0) is 17.5 Å². The number of aromatic nitrogens is 2. The smallest absolute Gasteiger partial charge is 0.261 e. The number of aliphatic imine (C=N–C) groups is 1. The molecule has 1 aromatic carbocycles. The number of fused-ring (bicyclic) bond motifs is 2. The number of carbonyl (C=O) groups is 3. The fraction of sp³-hybridized carbons (Fsp3) is 0.222. The van der Waals surface area contributed by atoms with Crippen LogP contribution in [0.1, 0.15) is 32.1 Å². The molecule has 5 rings (SSSR count). The molecule has 0 spiro atoms. The minimum atomic E-state index is -0.347. The lowest BCUT2D eigenvalue weighted by molar-refractivity contribution is -0.115. The molecule has 2 aromatic rings. The van der Waals surface area contributed by atoms with Crippen molar-refractivity contribution in [3.63, 3.8) is 0 Å². The second kappa shape index (κ2) is 7.08. The number of nitrogens with zero attached hydrogens (tertiary/aromatic N) is 5. The third-order valence-corrected chi connectivity index (χ3v) is 6.45. The van der Waals surface area contributed by atoms with Gasteiger partial charge in [-0.2, -0.15) is 0 Å². The standard InChI is InChI=1S/C18H14N6O3S2/c25-13(7-10-9-28-18-19-5-6-23(10)18)20-17-22-21-14(29-17)8-24-15(26)11-3-1-2-4-12(11)16(24)27/h1-4,9H,5-8H2,(H,20,22,25). The maximum atomic E-state index is 12.4. The zero-order chi connectivity index (χ0) is 20.0. The second-order valence-electron chi connectivity index (χ2n) is 6.51. The van der Waals surface area contributed by atoms with Crippen LogP contribution in [0, 0.1) is 0 Å². The Kier molecular flexibility index (Phi) is 4.40. The minimum absolute atomic E-state index is 0.0231. The first-order valence-electron chi connectivity index (χ1n) is 8.85. The van der Waals surface area contributed by atoms with Crippen molar-refractivity contribution in [3.8, 4) is 0 Å². The van der Waals surface area contributed by atoms with Gasteiger partial charge in [-0.1, -0.05) is 35.2 Å². The molecule has 0 aliphatic carbocycles. The van der Waals surface area contributed by atoms with E-state index in [0.717, 1.165) is 40.2 Å². The van der Waals surface area contributed by atoms with Crippen molar-refractivity contribution in [2.45, 2.75) is 13.0 Å². The molecule has 1 N–H and O–H groups in total. The van der Waals surface area contributed by atoms with Gasteiger partial charge in [-0.3, -0.25) is 24.3 Å². The number of hydrogen-bond acceptors (Lipinski definition) is 9. The molecule has 9 nitrogen and oxygen atoms in total. The van der Waals surface area contributed by atoms with Crippen molar-refractivity contribution < 1.29 is 14.4 Å². The van der Waals surface area contributed by atoms with Crippen LogP contribution in [0.3, 0.4) is 0 Å². The lowest BCUT2D eigenvalue weighted by Crippen LogP contribution is -2.29. The number of amidine groups is 1. The molecule has 0 saturated heterocycles. The molecule has 0 radical (unpaired) electrons. The third kappa shape index (κ3) is 3.21. The molecular formula is C18H14N6O3S2. The van der Waals surface area contributed by atoms with Gasteiger partial charge in [0.1, 0.15) is 5.01 Å². The van der Waals surface area contributed by atoms with Crippen LogP contribution in [0.15, 0.2) is 40.4 Å². The van der Waals surface area contributed by atoms with Crippen LogP contribution in [0.25, 0.3) is 0 Å². The van der Waals surface area contributed by atoms with Crippen LogP contribution in [-0.2, 0) is 11.3 Å². The van der Waals surface area contributed by atoms with Crippen molar-refractivity contribution in [1.82, 2.24) is 20.0 Å². The van der Waals surface area contributed by atoms with Crippen molar-refractivity contribution in [1.29, 1.82) is 0 Å². The Bertz CT molecular complexity index is 1070. The Morgan fingerprint density at radius 1 is 1.14 bits per heavy atom. The van der Waals surface area contributed by atoms with E-state index in [4.69, 9.17) is 0 Å². The predicted octanol–water partition coefficient (Wildman–Crippen LogP) is 1.92. The number of benzene rings is 1. The van der Waals surface area contributed by atoms with Crippen LogP contribution in [0.2, 0.25) is 0 Å². The number of rotatable bonds is 5. The molecule has 4 heterocycles. The monoisotopic (exact) mass is 426 g/mol. The molecule has 11 heteroatoms. The van der Waals surface area contributed by atoms with E-state index in [9.17, 15) is 14.4 Å². The molecular weight excluding hydrogens is 412 g/mol. The summed E-state index contributed by atoms with van der Waals surface area (Å²) in [5.41, 5.74) is 1.70. The fourth-order valence-corrected chi connectivity index (χ4v) is 5.03. The minimum Gasteiger partial charge on any atom is -0.322 e. The van der Waals surface area contributed by atoms with Gasteiger partial charge >= 0.3 is 0 Å². The summed E-state index contributed by atoms with van der Waals surface area (Å²) in [6, 6.07) is 6.71. The van der Waals surface area contributed by atoms with Gasteiger partial charge in [0, 0.05) is 12.2 Å². The Morgan fingerprint density at radius 3 is 2.66 bits per heavy atom. The highest BCUT2D eigenvalue weighted by atomic mass is 32.2. The van der Waals surface area contributed by atoms with E-state index in [1.54, 1.807) is 24.3 Å². The number of hydrogen-bond donors (Lipinski definition) is 1. The zero-order valence-corrected chi connectivity index (χ0v) is 16.6. The molecule has 146 valence electrons. The molecule has 0 atom stereocenters. The first-order valence-corrected chi connectivity index (χ1v) is 10.5. The molecule has 1 aromatic heterocycles. The lowest BCUT2D eigenvalue weighted by atomic mass is 10.1. The van der Waals surface area contributed by atoms with E-state index in [0.29, 0.717) is 21.3 Å². The lowest BCUT2D eigenvalue weighted by Gasteiger charge is -2.15. The van der Waals surface area contributed by atoms with Crippen LogP contribution in [-0.4, -0.2) is 56.0 Å². The molecule has 0 bridgehead atoms. The van der Waals surface area contributed by atoms with Gasteiger partial charge in [-0.25, -0.2) is 0 Å². The van der Waals surface area contributed by atoms with Gasteiger partial charge in [-0.15, -0.1) is 10.2 Å². The maximum Gasteiger partial charge on any atom is 0.261 e. The topological polar surface area (TPSA) is 108 Å². The number of anilines is 1. The van der Waals surface area contributed by atoms with Gasteiger partial charge in [0.25, 0.3) is 11.8 Å². The summed E-state index contributed by atoms with van der Waals surface area (Å²) in [5.74, 6) is -0.895. The Hall–Kier alpha value is -3.05. The molecule has 3 aliphatic rings. The number of nitrogens with one attached hydrogen (secondary N) is 1. The van der Waals surface area contributed by atoms with Crippen LogP contribution >= 0.6 is 23.1 Å². The number of imide groups is 1. The summed E-state index contributed by atoms with van der Waals surface area (Å²) in [7, 11) is 0. The first-order chi connectivity index (χ1) is 14.1. The van der Waals surface area contributed by atoms with E-state index >= 15 is 0 Å². The molecule has 29 heavy (non-hydrogen) atoms. The van der Waals surface area contributed by atoms with Crippen LogP contribution in [0.5, 0.6) is 0 Å². The van der Waals surface area contributed by atoms with Gasteiger partial charge in [0.15, 0.2) is 5.17 Å². The second-order valence-corrected chi connectivity index (χ2v) is 8.41. The van der Waals surface area contributed by atoms with Crippen LogP contribution in [0.4, 0.5) is 5.13 Å². The predicted molar refractivity (Wildman–Crippen MR) is 108 cm³/mol.